The van der Waals surface area contributed by atoms with Gasteiger partial charge in [0.15, 0.2) is 24.7 Å². The Bertz CT molecular complexity index is 1430. The Balaban J connectivity index is 1.26. The van der Waals surface area contributed by atoms with Crippen molar-refractivity contribution in [2.24, 2.45) is 5.16 Å². The smallest absolute Gasteiger partial charge is 0.265 e. The summed E-state index contributed by atoms with van der Waals surface area (Å²) in [5.41, 5.74) is 1.99. The van der Waals surface area contributed by atoms with Crippen molar-refractivity contribution in [3.05, 3.63) is 90.5 Å². The standard InChI is InChI=1S/C29H27N3O6/c1-35-23-13-11-22(12-14-23)31-28(33)18-37-26-15-10-20(16-27(26)36-2)17-30-38-19-29(34)32-25-9-5-7-21-6-3-4-8-24(21)25/h3-17H,18-19H2,1-2H3,(H,31,33)(H,32,34)/b30-17-. The van der Waals surface area contributed by atoms with E-state index in [0.29, 0.717) is 34.2 Å². The maximum Gasteiger partial charge on any atom is 0.265 e. The lowest BCUT2D eigenvalue weighted by atomic mass is 10.1. The number of rotatable bonds is 11. The Morgan fingerprint density at radius 2 is 1.55 bits per heavy atom. The van der Waals surface area contributed by atoms with E-state index in [4.69, 9.17) is 19.0 Å². The number of hydrogen-bond acceptors (Lipinski definition) is 7. The lowest BCUT2D eigenvalue weighted by molar-refractivity contribution is -0.120. The van der Waals surface area contributed by atoms with Crippen LogP contribution in [0.3, 0.4) is 0 Å². The predicted molar refractivity (Wildman–Crippen MR) is 146 cm³/mol. The number of amides is 2. The van der Waals surface area contributed by atoms with Gasteiger partial charge in [-0.2, -0.15) is 0 Å². The molecule has 0 unspecified atom stereocenters. The van der Waals surface area contributed by atoms with E-state index >= 15 is 0 Å². The molecule has 0 bridgehead atoms. The van der Waals surface area contributed by atoms with E-state index < -0.39 is 0 Å². The molecule has 38 heavy (non-hydrogen) atoms. The van der Waals surface area contributed by atoms with Gasteiger partial charge in [0.05, 0.1) is 20.4 Å². The Labute approximate surface area is 220 Å². The van der Waals surface area contributed by atoms with Crippen molar-refractivity contribution in [3.63, 3.8) is 0 Å². The molecule has 0 atom stereocenters. The van der Waals surface area contributed by atoms with Crippen molar-refractivity contribution < 1.29 is 28.6 Å². The number of carbonyl (C=O) groups is 2. The van der Waals surface area contributed by atoms with Crippen LogP contribution >= 0.6 is 0 Å². The zero-order valence-corrected chi connectivity index (χ0v) is 21.0. The van der Waals surface area contributed by atoms with Gasteiger partial charge in [0, 0.05) is 22.3 Å². The first kappa shape index (κ1) is 26.0. The van der Waals surface area contributed by atoms with Crippen LogP contribution in [0.1, 0.15) is 5.56 Å². The highest BCUT2D eigenvalue weighted by Gasteiger charge is 2.10. The molecule has 194 valence electrons. The summed E-state index contributed by atoms with van der Waals surface area (Å²) in [6.07, 6.45) is 1.45. The molecule has 0 saturated heterocycles. The van der Waals surface area contributed by atoms with Gasteiger partial charge in [0.2, 0.25) is 0 Å². The first-order valence-corrected chi connectivity index (χ1v) is 11.7. The molecule has 0 aliphatic heterocycles. The van der Waals surface area contributed by atoms with Crippen molar-refractivity contribution in [3.8, 4) is 17.2 Å². The lowest BCUT2D eigenvalue weighted by Gasteiger charge is -2.11. The Morgan fingerprint density at radius 3 is 2.34 bits per heavy atom. The van der Waals surface area contributed by atoms with Crippen LogP contribution in [0.15, 0.2) is 90.1 Å². The number of anilines is 2. The van der Waals surface area contributed by atoms with Gasteiger partial charge >= 0.3 is 0 Å². The van der Waals surface area contributed by atoms with Gasteiger partial charge in [-0.05, 0) is 53.9 Å². The van der Waals surface area contributed by atoms with E-state index in [1.807, 2.05) is 42.5 Å². The number of carbonyl (C=O) groups excluding carboxylic acids is 2. The molecule has 0 fully saturated rings. The molecule has 4 aromatic rings. The molecule has 0 heterocycles. The molecule has 0 aromatic heterocycles. The molecular weight excluding hydrogens is 486 g/mol. The van der Waals surface area contributed by atoms with Crippen LogP contribution in [0.2, 0.25) is 0 Å². The molecule has 9 heteroatoms. The Hall–Kier alpha value is -5.05. The summed E-state index contributed by atoms with van der Waals surface area (Å²) in [5.74, 6) is 0.859. The van der Waals surface area contributed by atoms with Crippen molar-refractivity contribution in [2.75, 3.05) is 38.1 Å². The quantitative estimate of drug-likeness (QED) is 0.219. The van der Waals surface area contributed by atoms with Gasteiger partial charge in [-0.15, -0.1) is 0 Å². The van der Waals surface area contributed by atoms with Crippen LogP contribution in [0, 0.1) is 0 Å². The average molecular weight is 514 g/mol. The molecule has 4 rings (SSSR count). The van der Waals surface area contributed by atoms with E-state index in [-0.39, 0.29) is 25.0 Å². The molecule has 0 aliphatic carbocycles. The van der Waals surface area contributed by atoms with E-state index in [1.165, 1.54) is 13.3 Å². The maximum absolute atomic E-state index is 12.3. The first-order valence-electron chi connectivity index (χ1n) is 11.7. The van der Waals surface area contributed by atoms with E-state index in [9.17, 15) is 9.59 Å². The van der Waals surface area contributed by atoms with E-state index in [0.717, 1.165) is 10.8 Å². The fourth-order valence-electron chi connectivity index (χ4n) is 3.61. The minimum Gasteiger partial charge on any atom is -0.497 e. The second-order valence-electron chi connectivity index (χ2n) is 8.06. The zero-order valence-electron chi connectivity index (χ0n) is 21.0. The zero-order chi connectivity index (χ0) is 26.7. The largest absolute Gasteiger partial charge is 0.497 e. The summed E-state index contributed by atoms with van der Waals surface area (Å²) in [7, 11) is 3.07. The normalized spacial score (nSPS) is 10.7. The van der Waals surface area contributed by atoms with Crippen molar-refractivity contribution in [1.82, 2.24) is 0 Å². The van der Waals surface area contributed by atoms with Gasteiger partial charge in [0.25, 0.3) is 11.8 Å². The van der Waals surface area contributed by atoms with Crippen LogP contribution < -0.4 is 24.8 Å². The molecule has 2 N–H and O–H groups in total. The Kier molecular flexibility index (Phi) is 8.75. The summed E-state index contributed by atoms with van der Waals surface area (Å²) in [6.45, 7) is -0.452. The number of fused-ring (bicyclic) bond motifs is 1. The Morgan fingerprint density at radius 1 is 0.789 bits per heavy atom. The molecule has 0 spiro atoms. The molecular formula is C29H27N3O6. The maximum atomic E-state index is 12.3. The van der Waals surface area contributed by atoms with Gasteiger partial charge in [-0.3, -0.25) is 9.59 Å². The number of hydrogen-bond donors (Lipinski definition) is 2. The third-order valence-electron chi connectivity index (χ3n) is 5.46. The molecule has 9 nitrogen and oxygen atoms in total. The number of oxime groups is 1. The molecule has 0 aliphatic rings. The fraction of sp³-hybridized carbons (Fsp3) is 0.138. The summed E-state index contributed by atoms with van der Waals surface area (Å²) in [5, 5.41) is 11.4. The third-order valence-corrected chi connectivity index (χ3v) is 5.46. The van der Waals surface area contributed by atoms with Gasteiger partial charge in [0.1, 0.15) is 5.75 Å². The third kappa shape index (κ3) is 7.01. The van der Waals surface area contributed by atoms with Gasteiger partial charge in [-0.1, -0.05) is 41.6 Å². The van der Waals surface area contributed by atoms with Crippen molar-refractivity contribution >= 4 is 40.2 Å². The first-order chi connectivity index (χ1) is 18.6. The van der Waals surface area contributed by atoms with Crippen molar-refractivity contribution in [1.29, 1.82) is 0 Å². The van der Waals surface area contributed by atoms with Crippen LogP contribution in [-0.4, -0.2) is 45.5 Å². The molecule has 4 aromatic carbocycles. The monoisotopic (exact) mass is 513 g/mol. The SMILES string of the molecule is COc1ccc(NC(=O)COc2ccc(/C=N\OCC(=O)Nc3cccc4ccccc34)cc2OC)cc1. The van der Waals surface area contributed by atoms with Crippen molar-refractivity contribution in [2.45, 2.75) is 0 Å². The number of ether oxygens (including phenoxy) is 3. The summed E-state index contributed by atoms with van der Waals surface area (Å²) in [6, 6.07) is 25.5. The topological polar surface area (TPSA) is 107 Å². The van der Waals surface area contributed by atoms with Crippen LogP contribution in [-0.2, 0) is 14.4 Å². The number of benzene rings is 4. The van der Waals surface area contributed by atoms with E-state index in [2.05, 4.69) is 15.8 Å². The summed E-state index contributed by atoms with van der Waals surface area (Å²) >= 11 is 0. The average Bonchev–Trinajstić information content (AvgIpc) is 2.95. The summed E-state index contributed by atoms with van der Waals surface area (Å²) < 4.78 is 16.1. The van der Waals surface area contributed by atoms with Gasteiger partial charge in [-0.25, -0.2) is 0 Å². The fourth-order valence-corrected chi connectivity index (χ4v) is 3.61. The molecule has 0 saturated carbocycles. The highest BCUT2D eigenvalue weighted by Crippen LogP contribution is 2.28. The van der Waals surface area contributed by atoms with Crippen LogP contribution in [0.5, 0.6) is 17.2 Å². The number of nitrogens with one attached hydrogen (secondary N) is 2. The van der Waals surface area contributed by atoms with E-state index in [1.54, 1.807) is 49.6 Å². The summed E-state index contributed by atoms with van der Waals surface area (Å²) in [4.78, 5) is 29.7. The van der Waals surface area contributed by atoms with Crippen LogP contribution in [0.25, 0.3) is 10.8 Å². The highest BCUT2D eigenvalue weighted by atomic mass is 16.6. The second kappa shape index (κ2) is 12.8. The molecule has 0 radical (unpaired) electrons. The second-order valence-corrected chi connectivity index (χ2v) is 8.06. The minimum atomic E-state index is -0.326. The van der Waals surface area contributed by atoms with Crippen LogP contribution in [0.4, 0.5) is 11.4 Å². The lowest BCUT2D eigenvalue weighted by Crippen LogP contribution is -2.20. The predicted octanol–water partition coefficient (Wildman–Crippen LogP) is 4.86. The number of methoxy groups -OCH3 is 2. The molecule has 2 amide bonds. The van der Waals surface area contributed by atoms with Gasteiger partial charge < -0.3 is 29.7 Å². The number of nitrogens with zero attached hydrogens (tertiary/aromatic N) is 1. The minimum absolute atomic E-state index is 0.204. The highest BCUT2D eigenvalue weighted by molar-refractivity contribution is 6.02.